The van der Waals surface area contributed by atoms with E-state index in [4.69, 9.17) is 11.6 Å². The molecule has 1 radical (unpaired) electrons. The van der Waals surface area contributed by atoms with Crippen LogP contribution in [0.5, 0.6) is 0 Å². The Kier molecular flexibility index (Phi) is 3.74. The average Bonchev–Trinajstić information content (AvgIpc) is 2.73. The zero-order chi connectivity index (χ0) is 10.7. The van der Waals surface area contributed by atoms with Crippen LogP contribution in [0.4, 0.5) is 0 Å². The zero-order valence-electron chi connectivity index (χ0n) is 9.30. The van der Waals surface area contributed by atoms with Crippen LogP contribution >= 0.6 is 11.6 Å². The molecule has 1 aromatic rings. The van der Waals surface area contributed by atoms with E-state index in [1.165, 1.54) is 36.7 Å². The first kappa shape index (κ1) is 11.1. The van der Waals surface area contributed by atoms with Gasteiger partial charge in [-0.15, -0.1) is 0 Å². The number of benzene rings is 1. The van der Waals surface area contributed by atoms with Crippen LogP contribution in [-0.2, 0) is 6.42 Å². The SMILES string of the molecule is CCc1cc(Cl)ccc1[B]C1CCCC1. The summed E-state index contributed by atoms with van der Waals surface area (Å²) in [5.74, 6) is 0.802. The van der Waals surface area contributed by atoms with Gasteiger partial charge in [0.05, 0.1) is 0 Å². The molecule has 0 atom stereocenters. The molecule has 2 rings (SSSR count). The van der Waals surface area contributed by atoms with Gasteiger partial charge in [-0.05, 0) is 18.6 Å². The number of aryl methyl sites for hydroxylation is 1. The van der Waals surface area contributed by atoms with Gasteiger partial charge in [-0.25, -0.2) is 0 Å². The summed E-state index contributed by atoms with van der Waals surface area (Å²) in [6.45, 7) is 2.19. The van der Waals surface area contributed by atoms with Gasteiger partial charge >= 0.3 is 0 Å². The lowest BCUT2D eigenvalue weighted by Crippen LogP contribution is -2.22. The summed E-state index contributed by atoms with van der Waals surface area (Å²) in [6.07, 6.45) is 6.60. The van der Waals surface area contributed by atoms with Crippen LogP contribution in [-0.4, -0.2) is 7.28 Å². The molecule has 0 aromatic heterocycles. The van der Waals surface area contributed by atoms with Crippen molar-refractivity contribution in [2.45, 2.75) is 44.8 Å². The maximum atomic E-state index is 6.00. The standard InChI is InChI=1S/C13H17BCl/c1-2-10-9-12(15)7-8-13(10)14-11-5-3-4-6-11/h7-9,11H,2-6H2,1H3. The number of hydrogen-bond donors (Lipinski definition) is 0. The van der Waals surface area contributed by atoms with Gasteiger partial charge in [0.2, 0.25) is 0 Å². The van der Waals surface area contributed by atoms with Crippen molar-refractivity contribution in [2.75, 3.05) is 0 Å². The second-order valence-corrected chi connectivity index (χ2v) is 4.84. The lowest BCUT2D eigenvalue weighted by atomic mass is 9.57. The summed E-state index contributed by atoms with van der Waals surface area (Å²) < 4.78 is 0. The van der Waals surface area contributed by atoms with Gasteiger partial charge in [0.15, 0.2) is 7.28 Å². The van der Waals surface area contributed by atoms with Gasteiger partial charge in [0, 0.05) is 5.02 Å². The van der Waals surface area contributed by atoms with Crippen molar-refractivity contribution in [2.24, 2.45) is 0 Å². The van der Waals surface area contributed by atoms with Crippen molar-refractivity contribution in [1.82, 2.24) is 0 Å². The molecule has 1 saturated carbocycles. The van der Waals surface area contributed by atoms with Crippen molar-refractivity contribution in [1.29, 1.82) is 0 Å². The summed E-state index contributed by atoms with van der Waals surface area (Å²) in [6, 6.07) is 6.27. The minimum Gasteiger partial charge on any atom is -0.0843 e. The van der Waals surface area contributed by atoms with Crippen LogP contribution in [0.25, 0.3) is 0 Å². The molecule has 0 N–H and O–H groups in total. The van der Waals surface area contributed by atoms with Crippen LogP contribution in [0.15, 0.2) is 18.2 Å². The van der Waals surface area contributed by atoms with E-state index in [0.717, 1.165) is 17.3 Å². The Labute approximate surface area is 98.3 Å². The first-order chi connectivity index (χ1) is 7.29. The molecule has 15 heavy (non-hydrogen) atoms. The second-order valence-electron chi connectivity index (χ2n) is 4.41. The van der Waals surface area contributed by atoms with Crippen molar-refractivity contribution < 1.29 is 0 Å². The van der Waals surface area contributed by atoms with Gasteiger partial charge in [-0.3, -0.25) is 0 Å². The van der Waals surface area contributed by atoms with E-state index in [1.807, 2.05) is 6.07 Å². The Balaban J connectivity index is 2.12. The molecule has 0 aliphatic heterocycles. The third-order valence-corrected chi connectivity index (χ3v) is 3.54. The molecule has 1 aromatic carbocycles. The molecule has 0 bridgehead atoms. The van der Waals surface area contributed by atoms with Gasteiger partial charge in [-0.2, -0.15) is 0 Å². The Morgan fingerprint density at radius 3 is 2.73 bits per heavy atom. The third-order valence-electron chi connectivity index (χ3n) is 3.30. The van der Waals surface area contributed by atoms with Gasteiger partial charge in [-0.1, -0.05) is 67.1 Å². The highest BCUT2D eigenvalue weighted by molar-refractivity contribution is 6.55. The second kappa shape index (κ2) is 5.07. The lowest BCUT2D eigenvalue weighted by Gasteiger charge is -2.11. The van der Waals surface area contributed by atoms with Gasteiger partial charge in [0.1, 0.15) is 0 Å². The minimum absolute atomic E-state index is 0.802. The Hall–Kier alpha value is -0.425. The third kappa shape index (κ3) is 2.78. The fourth-order valence-corrected chi connectivity index (χ4v) is 2.62. The maximum absolute atomic E-state index is 6.00. The molecule has 0 unspecified atom stereocenters. The molecular weight excluding hydrogens is 202 g/mol. The van der Waals surface area contributed by atoms with Crippen LogP contribution in [0.2, 0.25) is 10.8 Å². The molecular formula is C13H17BCl. The number of hydrogen-bond acceptors (Lipinski definition) is 0. The summed E-state index contributed by atoms with van der Waals surface area (Å²) in [5, 5.41) is 0.857. The molecule has 0 amide bonds. The van der Waals surface area contributed by atoms with E-state index >= 15 is 0 Å². The van der Waals surface area contributed by atoms with E-state index in [1.54, 1.807) is 0 Å². The fraction of sp³-hybridized carbons (Fsp3) is 0.538. The Morgan fingerprint density at radius 2 is 2.07 bits per heavy atom. The topological polar surface area (TPSA) is 0 Å². The van der Waals surface area contributed by atoms with Crippen molar-refractivity contribution in [3.8, 4) is 0 Å². The fourth-order valence-electron chi connectivity index (χ4n) is 2.42. The predicted molar refractivity (Wildman–Crippen MR) is 68.4 cm³/mol. The molecule has 79 valence electrons. The highest BCUT2D eigenvalue weighted by Crippen LogP contribution is 2.29. The molecule has 2 heteroatoms. The van der Waals surface area contributed by atoms with Gasteiger partial charge in [0.25, 0.3) is 0 Å². The van der Waals surface area contributed by atoms with E-state index < -0.39 is 0 Å². The van der Waals surface area contributed by atoms with Gasteiger partial charge < -0.3 is 0 Å². The van der Waals surface area contributed by atoms with E-state index in [-0.39, 0.29) is 0 Å². The number of rotatable bonds is 3. The van der Waals surface area contributed by atoms with Crippen LogP contribution in [0, 0.1) is 0 Å². The Morgan fingerprint density at radius 1 is 1.33 bits per heavy atom. The average molecular weight is 220 g/mol. The smallest absolute Gasteiger partial charge is 0.0843 e. The van der Waals surface area contributed by atoms with E-state index in [9.17, 15) is 0 Å². The maximum Gasteiger partial charge on any atom is 0.155 e. The summed E-state index contributed by atoms with van der Waals surface area (Å²) in [4.78, 5) is 0. The zero-order valence-corrected chi connectivity index (χ0v) is 10.1. The highest BCUT2D eigenvalue weighted by Gasteiger charge is 2.17. The molecule has 1 fully saturated rings. The predicted octanol–water partition coefficient (Wildman–Crippen LogP) is 3.59. The lowest BCUT2D eigenvalue weighted by molar-refractivity contribution is 0.872. The Bertz CT molecular complexity index is 329. The summed E-state index contributed by atoms with van der Waals surface area (Å²) >= 11 is 6.00. The molecule has 0 nitrogen and oxygen atoms in total. The molecule has 0 spiro atoms. The monoisotopic (exact) mass is 219 g/mol. The van der Waals surface area contributed by atoms with Crippen molar-refractivity contribution in [3.63, 3.8) is 0 Å². The molecule has 1 aliphatic carbocycles. The largest absolute Gasteiger partial charge is 0.155 e. The molecule has 1 aliphatic rings. The molecule has 0 saturated heterocycles. The van der Waals surface area contributed by atoms with E-state index in [0.29, 0.717) is 0 Å². The number of halogens is 1. The molecule has 0 heterocycles. The summed E-state index contributed by atoms with van der Waals surface area (Å²) in [7, 11) is 2.45. The first-order valence-corrected chi connectivity index (χ1v) is 6.30. The van der Waals surface area contributed by atoms with Crippen LogP contribution < -0.4 is 5.46 Å². The summed E-state index contributed by atoms with van der Waals surface area (Å²) in [5.41, 5.74) is 2.78. The quantitative estimate of drug-likeness (QED) is 0.682. The van der Waals surface area contributed by atoms with Crippen LogP contribution in [0.1, 0.15) is 38.2 Å². The highest BCUT2D eigenvalue weighted by atomic mass is 35.5. The van der Waals surface area contributed by atoms with Crippen LogP contribution in [0.3, 0.4) is 0 Å². The normalized spacial score (nSPS) is 16.9. The van der Waals surface area contributed by atoms with E-state index in [2.05, 4.69) is 26.3 Å². The van der Waals surface area contributed by atoms with Crippen molar-refractivity contribution in [3.05, 3.63) is 28.8 Å². The minimum atomic E-state index is 0.802. The van der Waals surface area contributed by atoms with Crippen molar-refractivity contribution >= 4 is 24.3 Å². The first-order valence-electron chi connectivity index (χ1n) is 5.93.